The molecule has 3 rings (SSSR count). The van der Waals surface area contributed by atoms with E-state index in [0.717, 1.165) is 56.7 Å². The van der Waals surface area contributed by atoms with E-state index in [9.17, 15) is 4.39 Å². The number of hydrogen-bond donors (Lipinski definition) is 0. The van der Waals surface area contributed by atoms with Crippen LogP contribution >= 0.6 is 0 Å². The summed E-state index contributed by atoms with van der Waals surface area (Å²) in [4.78, 5) is 0. The summed E-state index contributed by atoms with van der Waals surface area (Å²) in [6.07, 6.45) is 13.4. The number of ether oxygens (including phenoxy) is 2. The topological polar surface area (TPSA) is 18.5 Å². The van der Waals surface area contributed by atoms with Crippen LogP contribution in [-0.4, -0.2) is 19.5 Å². The van der Waals surface area contributed by atoms with Crippen LogP contribution in [0.5, 0.6) is 0 Å². The standard InChI is InChI=1S/C20H33FO2/c1-2-15-13-22-20(23-14-15)12-5-16-3-6-17(7-4-16)18-8-10-19(21)11-9-18/h10,15-18,20H,2-9,11-14H2,1H3. The molecule has 3 heteroatoms. The van der Waals surface area contributed by atoms with Crippen LogP contribution in [0, 0.1) is 23.7 Å². The Bertz CT molecular complexity index is 379. The van der Waals surface area contributed by atoms with Gasteiger partial charge < -0.3 is 9.47 Å². The van der Waals surface area contributed by atoms with Gasteiger partial charge in [-0.15, -0.1) is 0 Å². The lowest BCUT2D eigenvalue weighted by Gasteiger charge is -2.35. The third kappa shape index (κ3) is 5.03. The molecule has 0 spiro atoms. The molecule has 2 fully saturated rings. The summed E-state index contributed by atoms with van der Waals surface area (Å²) in [7, 11) is 0. The van der Waals surface area contributed by atoms with Gasteiger partial charge in [-0.2, -0.15) is 0 Å². The molecule has 0 aromatic heterocycles. The summed E-state index contributed by atoms with van der Waals surface area (Å²) in [6, 6.07) is 0. The van der Waals surface area contributed by atoms with Crippen LogP contribution in [0.15, 0.2) is 11.9 Å². The molecule has 1 unspecified atom stereocenters. The predicted octanol–water partition coefficient (Wildman–Crippen LogP) is 5.63. The predicted molar refractivity (Wildman–Crippen MR) is 90.7 cm³/mol. The molecule has 1 aliphatic heterocycles. The monoisotopic (exact) mass is 324 g/mol. The third-order valence-corrected chi connectivity index (χ3v) is 6.38. The zero-order valence-electron chi connectivity index (χ0n) is 14.6. The zero-order chi connectivity index (χ0) is 16.1. The molecule has 1 heterocycles. The Morgan fingerprint density at radius 1 is 0.957 bits per heavy atom. The summed E-state index contributed by atoms with van der Waals surface area (Å²) in [5, 5.41) is 0. The van der Waals surface area contributed by atoms with E-state index in [4.69, 9.17) is 9.47 Å². The van der Waals surface area contributed by atoms with Crippen LogP contribution in [0.25, 0.3) is 0 Å². The SMILES string of the molecule is CCC1COC(CCC2CCC(C3CC=C(F)CC3)CC2)OC1. The number of allylic oxidation sites excluding steroid dienone is 2. The maximum absolute atomic E-state index is 13.1. The Morgan fingerprint density at radius 3 is 2.30 bits per heavy atom. The second-order valence-corrected chi connectivity index (χ2v) is 7.91. The smallest absolute Gasteiger partial charge is 0.157 e. The minimum absolute atomic E-state index is 0.0435. The summed E-state index contributed by atoms with van der Waals surface area (Å²) in [5.41, 5.74) is 0. The van der Waals surface area contributed by atoms with Gasteiger partial charge in [-0.3, -0.25) is 0 Å². The Hall–Kier alpha value is -0.410. The highest BCUT2D eigenvalue weighted by molar-refractivity contribution is 4.99. The lowest BCUT2D eigenvalue weighted by atomic mass is 9.71. The van der Waals surface area contributed by atoms with E-state index in [0.29, 0.717) is 12.3 Å². The Kier molecular flexibility index (Phi) is 6.52. The molecule has 0 N–H and O–H groups in total. The van der Waals surface area contributed by atoms with Gasteiger partial charge in [0, 0.05) is 5.92 Å². The van der Waals surface area contributed by atoms with E-state index in [1.807, 2.05) is 6.08 Å². The molecule has 3 aliphatic rings. The minimum atomic E-state index is 0.0435. The van der Waals surface area contributed by atoms with E-state index in [1.165, 1.54) is 32.1 Å². The van der Waals surface area contributed by atoms with Crippen molar-refractivity contribution in [2.75, 3.05) is 13.2 Å². The number of halogens is 1. The minimum Gasteiger partial charge on any atom is -0.352 e. The summed E-state index contributed by atoms with van der Waals surface area (Å²) in [6.45, 7) is 3.95. The van der Waals surface area contributed by atoms with E-state index in [-0.39, 0.29) is 12.1 Å². The first kappa shape index (κ1) is 17.4. The first-order valence-corrected chi connectivity index (χ1v) is 9.82. The molecular formula is C20H33FO2. The van der Waals surface area contributed by atoms with Crippen LogP contribution in [0.3, 0.4) is 0 Å². The highest BCUT2D eigenvalue weighted by Gasteiger charge is 2.29. The Balaban J connectivity index is 1.32. The fraction of sp³-hybridized carbons (Fsp3) is 0.900. The molecule has 0 radical (unpaired) electrons. The lowest BCUT2D eigenvalue weighted by Crippen LogP contribution is -2.32. The van der Waals surface area contributed by atoms with Crippen LogP contribution in [0.4, 0.5) is 4.39 Å². The van der Waals surface area contributed by atoms with Crippen LogP contribution in [-0.2, 0) is 9.47 Å². The molecule has 23 heavy (non-hydrogen) atoms. The van der Waals surface area contributed by atoms with Crippen LogP contribution in [0.1, 0.15) is 71.1 Å². The van der Waals surface area contributed by atoms with E-state index in [1.54, 1.807) is 0 Å². The molecule has 0 aromatic rings. The van der Waals surface area contributed by atoms with Gasteiger partial charge >= 0.3 is 0 Å². The molecule has 0 aromatic carbocycles. The fourth-order valence-electron chi connectivity index (χ4n) is 4.56. The van der Waals surface area contributed by atoms with Crippen LogP contribution < -0.4 is 0 Å². The second-order valence-electron chi connectivity index (χ2n) is 7.91. The molecule has 1 atom stereocenters. The molecular weight excluding hydrogens is 291 g/mol. The first-order chi connectivity index (χ1) is 11.2. The van der Waals surface area contributed by atoms with Crippen molar-refractivity contribution in [3.05, 3.63) is 11.9 Å². The van der Waals surface area contributed by atoms with Gasteiger partial charge in [-0.1, -0.05) is 25.8 Å². The molecule has 0 bridgehead atoms. The molecule has 0 amide bonds. The van der Waals surface area contributed by atoms with Gasteiger partial charge in [0.2, 0.25) is 0 Å². The molecule has 2 aliphatic carbocycles. The average molecular weight is 324 g/mol. The van der Waals surface area contributed by atoms with Gasteiger partial charge in [-0.25, -0.2) is 4.39 Å². The van der Waals surface area contributed by atoms with Crippen molar-refractivity contribution in [3.8, 4) is 0 Å². The highest BCUT2D eigenvalue weighted by Crippen LogP contribution is 2.41. The molecule has 1 saturated heterocycles. The van der Waals surface area contributed by atoms with E-state index >= 15 is 0 Å². The molecule has 2 nitrogen and oxygen atoms in total. The van der Waals surface area contributed by atoms with Gasteiger partial charge in [0.1, 0.15) is 0 Å². The zero-order valence-corrected chi connectivity index (χ0v) is 14.6. The fourth-order valence-corrected chi connectivity index (χ4v) is 4.56. The highest BCUT2D eigenvalue weighted by atomic mass is 19.1. The van der Waals surface area contributed by atoms with E-state index < -0.39 is 0 Å². The van der Waals surface area contributed by atoms with Crippen molar-refractivity contribution in [2.45, 2.75) is 77.4 Å². The first-order valence-electron chi connectivity index (χ1n) is 9.82. The number of hydrogen-bond acceptors (Lipinski definition) is 2. The number of rotatable bonds is 5. The third-order valence-electron chi connectivity index (χ3n) is 6.38. The van der Waals surface area contributed by atoms with Gasteiger partial charge in [0.05, 0.1) is 19.0 Å². The van der Waals surface area contributed by atoms with Crippen molar-refractivity contribution in [1.29, 1.82) is 0 Å². The van der Waals surface area contributed by atoms with Gasteiger partial charge in [0.25, 0.3) is 0 Å². The maximum atomic E-state index is 13.1. The summed E-state index contributed by atoms with van der Waals surface area (Å²) >= 11 is 0. The van der Waals surface area contributed by atoms with Gasteiger partial charge in [-0.05, 0) is 69.1 Å². The van der Waals surface area contributed by atoms with E-state index in [2.05, 4.69) is 6.92 Å². The Labute approximate surface area is 140 Å². The second kappa shape index (κ2) is 8.62. The van der Waals surface area contributed by atoms with Crippen molar-refractivity contribution >= 4 is 0 Å². The normalized spacial score (nSPS) is 39.0. The quantitative estimate of drug-likeness (QED) is 0.653. The summed E-state index contributed by atoms with van der Waals surface area (Å²) < 4.78 is 24.8. The summed E-state index contributed by atoms with van der Waals surface area (Å²) in [5.74, 6) is 3.14. The maximum Gasteiger partial charge on any atom is 0.157 e. The van der Waals surface area contributed by atoms with Crippen molar-refractivity contribution in [3.63, 3.8) is 0 Å². The molecule has 1 saturated carbocycles. The van der Waals surface area contributed by atoms with Gasteiger partial charge in [0.15, 0.2) is 6.29 Å². The molecule has 132 valence electrons. The lowest BCUT2D eigenvalue weighted by molar-refractivity contribution is -0.204. The van der Waals surface area contributed by atoms with Crippen molar-refractivity contribution in [2.24, 2.45) is 23.7 Å². The largest absolute Gasteiger partial charge is 0.352 e. The van der Waals surface area contributed by atoms with Crippen molar-refractivity contribution in [1.82, 2.24) is 0 Å². The van der Waals surface area contributed by atoms with Crippen molar-refractivity contribution < 1.29 is 13.9 Å². The Morgan fingerprint density at radius 2 is 1.70 bits per heavy atom. The van der Waals surface area contributed by atoms with Crippen LogP contribution in [0.2, 0.25) is 0 Å². The average Bonchev–Trinajstić information content (AvgIpc) is 2.61.